The Labute approximate surface area is 116 Å². The van der Waals surface area contributed by atoms with Crippen molar-refractivity contribution in [3.8, 4) is 0 Å². The summed E-state index contributed by atoms with van der Waals surface area (Å²) in [6.07, 6.45) is -1.33. The van der Waals surface area contributed by atoms with E-state index in [1.54, 1.807) is 24.3 Å². The van der Waals surface area contributed by atoms with Crippen molar-refractivity contribution in [1.82, 2.24) is 5.06 Å². The molecule has 1 aromatic carbocycles. The molecule has 0 aromatic heterocycles. The summed E-state index contributed by atoms with van der Waals surface area (Å²) >= 11 is 0. The zero-order valence-corrected chi connectivity index (χ0v) is 11.4. The molecule has 1 N–H and O–H groups in total. The Bertz CT molecular complexity index is 530. The Kier molecular flexibility index (Phi) is 3.25. The van der Waals surface area contributed by atoms with Crippen molar-refractivity contribution in [2.75, 3.05) is 13.2 Å². The van der Waals surface area contributed by atoms with Gasteiger partial charge < -0.3 is 14.6 Å². The van der Waals surface area contributed by atoms with Crippen LogP contribution in [0.5, 0.6) is 0 Å². The van der Waals surface area contributed by atoms with E-state index < -0.39 is 12.0 Å². The third-order valence-corrected chi connectivity index (χ3v) is 3.36. The van der Waals surface area contributed by atoms with Gasteiger partial charge in [0.25, 0.3) is 5.91 Å². The first kappa shape index (κ1) is 13.5. The van der Waals surface area contributed by atoms with Crippen molar-refractivity contribution >= 4 is 5.91 Å². The number of hydroxylamine groups is 2. The van der Waals surface area contributed by atoms with Gasteiger partial charge in [-0.3, -0.25) is 9.63 Å². The molecule has 3 rings (SSSR count). The molecule has 108 valence electrons. The molecule has 1 unspecified atom stereocenters. The second-order valence-corrected chi connectivity index (χ2v) is 5.34. The summed E-state index contributed by atoms with van der Waals surface area (Å²) in [5, 5.41) is 11.1. The molecule has 1 fully saturated rings. The third kappa shape index (κ3) is 2.31. The molecule has 1 aromatic rings. The predicted octanol–water partition coefficient (Wildman–Crippen LogP) is 1.22. The van der Waals surface area contributed by atoms with Crippen LogP contribution in [0.4, 0.5) is 0 Å². The Morgan fingerprint density at radius 3 is 2.85 bits per heavy atom. The molecule has 0 saturated carbocycles. The van der Waals surface area contributed by atoms with Crippen LogP contribution in [0.3, 0.4) is 0 Å². The molecule has 1 saturated heterocycles. The number of carbonyl (C=O) groups is 1. The van der Waals surface area contributed by atoms with Crippen LogP contribution in [0.25, 0.3) is 0 Å². The summed E-state index contributed by atoms with van der Waals surface area (Å²) in [5.74, 6) is -0.976. The predicted molar refractivity (Wildman–Crippen MR) is 68.4 cm³/mol. The quantitative estimate of drug-likeness (QED) is 0.901. The van der Waals surface area contributed by atoms with Crippen LogP contribution in [0.15, 0.2) is 24.3 Å². The van der Waals surface area contributed by atoms with Gasteiger partial charge in [0, 0.05) is 11.1 Å². The number of rotatable bonds is 3. The number of aliphatic hydroxyl groups is 1. The first-order valence-electron chi connectivity index (χ1n) is 6.53. The number of benzene rings is 1. The maximum Gasteiger partial charge on any atom is 0.280 e. The van der Waals surface area contributed by atoms with E-state index in [1.807, 2.05) is 13.8 Å². The molecular formula is C14H17NO5. The minimum absolute atomic E-state index is 0.153. The number of aliphatic hydroxyl groups excluding tert-OH is 1. The van der Waals surface area contributed by atoms with Gasteiger partial charge in [0.15, 0.2) is 12.0 Å². The largest absolute Gasteiger partial charge is 0.367 e. The third-order valence-electron chi connectivity index (χ3n) is 3.36. The number of hydrogen-bond donors (Lipinski definition) is 1. The number of carbonyl (C=O) groups excluding carboxylic acids is 1. The Morgan fingerprint density at radius 2 is 2.20 bits per heavy atom. The van der Waals surface area contributed by atoms with Crippen LogP contribution >= 0.6 is 0 Å². The van der Waals surface area contributed by atoms with Crippen LogP contribution in [-0.2, 0) is 14.3 Å². The standard InChI is InChI=1S/C14H17NO5/c1-14(2)18-7-9(20-14)8-19-15-12(16)10-5-3-4-6-11(10)13(15)17/h3-6,9,12,16H,7-8H2,1-2H3/t9-,12?/m1/s1. The molecule has 0 radical (unpaired) electrons. The van der Waals surface area contributed by atoms with Gasteiger partial charge in [-0.1, -0.05) is 18.2 Å². The van der Waals surface area contributed by atoms with Crippen molar-refractivity contribution in [2.45, 2.75) is 32.0 Å². The SMILES string of the molecule is CC1(C)OC[C@H](CON2C(=O)c3ccccc3C2O)O1. The van der Waals surface area contributed by atoms with Crippen LogP contribution in [0.2, 0.25) is 0 Å². The highest BCUT2D eigenvalue weighted by molar-refractivity contribution is 5.98. The topological polar surface area (TPSA) is 68.2 Å². The van der Waals surface area contributed by atoms with E-state index in [0.29, 0.717) is 17.7 Å². The fourth-order valence-electron chi connectivity index (χ4n) is 2.41. The van der Waals surface area contributed by atoms with Gasteiger partial charge in [-0.05, 0) is 19.9 Å². The molecular weight excluding hydrogens is 262 g/mol. The number of amides is 1. The summed E-state index contributed by atoms with van der Waals surface area (Å²) < 4.78 is 11.0. The fraction of sp³-hybridized carbons (Fsp3) is 0.500. The van der Waals surface area contributed by atoms with E-state index in [2.05, 4.69) is 0 Å². The highest BCUT2D eigenvalue weighted by atomic mass is 16.8. The lowest BCUT2D eigenvalue weighted by molar-refractivity contribution is -0.219. The van der Waals surface area contributed by atoms with Crippen molar-refractivity contribution in [1.29, 1.82) is 0 Å². The lowest BCUT2D eigenvalue weighted by atomic mass is 10.1. The molecule has 0 bridgehead atoms. The smallest absolute Gasteiger partial charge is 0.280 e. The molecule has 6 heteroatoms. The van der Waals surface area contributed by atoms with Crippen LogP contribution in [-0.4, -0.2) is 41.2 Å². The molecule has 1 amide bonds. The maximum absolute atomic E-state index is 12.1. The van der Waals surface area contributed by atoms with Gasteiger partial charge in [-0.2, -0.15) is 5.06 Å². The minimum Gasteiger partial charge on any atom is -0.367 e. The van der Waals surface area contributed by atoms with Crippen molar-refractivity contribution in [3.05, 3.63) is 35.4 Å². The van der Waals surface area contributed by atoms with E-state index in [0.717, 1.165) is 5.06 Å². The molecule has 20 heavy (non-hydrogen) atoms. The summed E-state index contributed by atoms with van der Waals surface area (Å²) in [6, 6.07) is 6.90. The molecule has 2 heterocycles. The van der Waals surface area contributed by atoms with Crippen LogP contribution in [0.1, 0.15) is 36.0 Å². The lowest BCUT2D eigenvalue weighted by Crippen LogP contribution is -2.33. The monoisotopic (exact) mass is 279 g/mol. The molecule has 0 aliphatic carbocycles. The van der Waals surface area contributed by atoms with Gasteiger partial charge >= 0.3 is 0 Å². The van der Waals surface area contributed by atoms with Gasteiger partial charge in [0.05, 0.1) is 6.61 Å². The zero-order chi connectivity index (χ0) is 14.3. The lowest BCUT2D eigenvalue weighted by Gasteiger charge is -2.22. The van der Waals surface area contributed by atoms with Crippen molar-refractivity contribution in [2.24, 2.45) is 0 Å². The van der Waals surface area contributed by atoms with Crippen molar-refractivity contribution in [3.63, 3.8) is 0 Å². The summed E-state index contributed by atoms with van der Waals surface area (Å²) in [5.41, 5.74) is 1.02. The Morgan fingerprint density at radius 1 is 1.45 bits per heavy atom. The normalized spacial score (nSPS) is 27.9. The average Bonchev–Trinajstić information content (AvgIpc) is 2.88. The summed E-state index contributed by atoms with van der Waals surface area (Å²) in [6.45, 7) is 4.19. The molecule has 0 spiro atoms. The Hall–Kier alpha value is -1.47. The van der Waals surface area contributed by atoms with E-state index in [-0.39, 0.29) is 18.6 Å². The van der Waals surface area contributed by atoms with Crippen LogP contribution in [0, 0.1) is 0 Å². The average molecular weight is 279 g/mol. The minimum atomic E-state index is -1.07. The van der Waals surface area contributed by atoms with Gasteiger partial charge in [0.1, 0.15) is 12.7 Å². The number of fused-ring (bicyclic) bond motifs is 1. The van der Waals surface area contributed by atoms with Gasteiger partial charge in [-0.25, -0.2) is 0 Å². The highest BCUT2D eigenvalue weighted by Crippen LogP contribution is 2.32. The maximum atomic E-state index is 12.1. The van der Waals surface area contributed by atoms with Crippen molar-refractivity contribution < 1.29 is 24.2 Å². The fourth-order valence-corrected chi connectivity index (χ4v) is 2.41. The first-order valence-corrected chi connectivity index (χ1v) is 6.53. The Balaban J connectivity index is 1.64. The van der Waals surface area contributed by atoms with E-state index >= 15 is 0 Å². The molecule has 2 aliphatic rings. The number of hydrogen-bond acceptors (Lipinski definition) is 5. The molecule has 2 atom stereocenters. The summed E-state index contributed by atoms with van der Waals surface area (Å²) in [7, 11) is 0. The molecule has 2 aliphatic heterocycles. The highest BCUT2D eigenvalue weighted by Gasteiger charge is 2.38. The zero-order valence-electron chi connectivity index (χ0n) is 11.4. The van der Waals surface area contributed by atoms with Crippen LogP contribution < -0.4 is 0 Å². The van der Waals surface area contributed by atoms with Gasteiger partial charge in [-0.15, -0.1) is 0 Å². The number of ether oxygens (including phenoxy) is 2. The van der Waals surface area contributed by atoms with Gasteiger partial charge in [0.2, 0.25) is 0 Å². The first-order chi connectivity index (χ1) is 9.48. The number of nitrogens with zero attached hydrogens (tertiary/aromatic N) is 1. The second kappa shape index (κ2) is 4.82. The van der Waals surface area contributed by atoms with E-state index in [9.17, 15) is 9.90 Å². The molecule has 6 nitrogen and oxygen atoms in total. The van der Waals surface area contributed by atoms with E-state index in [1.165, 1.54) is 0 Å². The summed E-state index contributed by atoms with van der Waals surface area (Å²) in [4.78, 5) is 17.5. The second-order valence-electron chi connectivity index (χ2n) is 5.34. The van der Waals surface area contributed by atoms with E-state index in [4.69, 9.17) is 14.3 Å².